The highest BCUT2D eigenvalue weighted by Crippen LogP contribution is 2.26. The molecule has 33 heavy (non-hydrogen) atoms. The van der Waals surface area contributed by atoms with Crippen molar-refractivity contribution in [2.45, 2.75) is 20.3 Å². The lowest BCUT2D eigenvalue weighted by Gasteiger charge is -2.36. The molecule has 0 unspecified atom stereocenters. The minimum atomic E-state index is -0.106. The molecule has 0 spiro atoms. The zero-order valence-corrected chi connectivity index (χ0v) is 19.9. The molecular formula is C25H28ClN5O2. The number of piperazine rings is 1. The van der Waals surface area contributed by atoms with Gasteiger partial charge < -0.3 is 19.9 Å². The number of anilines is 2. The second-order valence-electron chi connectivity index (χ2n) is 8.09. The molecule has 0 bridgehead atoms. The van der Waals surface area contributed by atoms with Gasteiger partial charge in [-0.15, -0.1) is 0 Å². The van der Waals surface area contributed by atoms with Gasteiger partial charge in [0.25, 0.3) is 0 Å². The summed E-state index contributed by atoms with van der Waals surface area (Å²) in [7, 11) is 1.67. The molecule has 0 aliphatic carbocycles. The van der Waals surface area contributed by atoms with Gasteiger partial charge in [-0.2, -0.15) is 0 Å². The molecule has 3 aromatic rings. The topological polar surface area (TPSA) is 70.6 Å². The lowest BCUT2D eigenvalue weighted by atomic mass is 10.0. The molecule has 2 amide bonds. The summed E-state index contributed by atoms with van der Waals surface area (Å²) in [6.07, 6.45) is 0.739. The summed E-state index contributed by atoms with van der Waals surface area (Å²) in [5, 5.41) is 3.58. The quantitative estimate of drug-likeness (QED) is 0.591. The van der Waals surface area contributed by atoms with Gasteiger partial charge in [-0.25, -0.2) is 14.8 Å². The molecule has 8 heteroatoms. The van der Waals surface area contributed by atoms with Crippen molar-refractivity contribution in [1.82, 2.24) is 14.9 Å². The summed E-state index contributed by atoms with van der Waals surface area (Å²) in [5.74, 6) is 2.54. The summed E-state index contributed by atoms with van der Waals surface area (Å²) in [5.41, 5.74) is 4.00. The summed E-state index contributed by atoms with van der Waals surface area (Å²) in [6.45, 7) is 6.60. The van der Waals surface area contributed by atoms with Crippen LogP contribution in [0.5, 0.6) is 5.75 Å². The molecular weight excluding hydrogens is 438 g/mol. The van der Waals surface area contributed by atoms with E-state index in [2.05, 4.69) is 27.3 Å². The first-order chi connectivity index (χ1) is 15.9. The van der Waals surface area contributed by atoms with Gasteiger partial charge in [0.05, 0.1) is 7.11 Å². The fraction of sp³-hybridized carbons (Fsp3) is 0.320. The van der Waals surface area contributed by atoms with E-state index in [4.69, 9.17) is 21.3 Å². The molecule has 0 atom stereocenters. The van der Waals surface area contributed by atoms with Crippen LogP contribution in [0.1, 0.15) is 22.6 Å². The van der Waals surface area contributed by atoms with Gasteiger partial charge in [-0.05, 0) is 55.8 Å². The summed E-state index contributed by atoms with van der Waals surface area (Å²) >= 11 is 5.93. The summed E-state index contributed by atoms with van der Waals surface area (Å²) < 4.78 is 5.27. The number of urea groups is 1. The second kappa shape index (κ2) is 10.1. The number of nitrogens with zero attached hydrogens (tertiary/aromatic N) is 4. The van der Waals surface area contributed by atoms with Crippen LogP contribution < -0.4 is 15.0 Å². The van der Waals surface area contributed by atoms with E-state index in [1.54, 1.807) is 31.4 Å². The highest BCUT2D eigenvalue weighted by atomic mass is 35.5. The molecule has 1 aromatic heterocycles. The fourth-order valence-electron chi connectivity index (χ4n) is 3.99. The number of carbonyl (C=O) groups is 1. The van der Waals surface area contributed by atoms with E-state index in [1.165, 1.54) is 5.56 Å². The van der Waals surface area contributed by atoms with Crippen molar-refractivity contribution in [1.29, 1.82) is 0 Å². The number of benzene rings is 2. The molecule has 2 aromatic carbocycles. The number of hydrogen-bond acceptors (Lipinski definition) is 5. The van der Waals surface area contributed by atoms with Crippen LogP contribution in [-0.4, -0.2) is 54.2 Å². The predicted octanol–water partition coefficient (Wildman–Crippen LogP) is 4.70. The van der Waals surface area contributed by atoms with E-state index in [0.717, 1.165) is 40.8 Å². The lowest BCUT2D eigenvalue weighted by molar-refractivity contribution is 0.208. The van der Waals surface area contributed by atoms with Crippen LogP contribution in [0.3, 0.4) is 0 Å². The van der Waals surface area contributed by atoms with E-state index in [9.17, 15) is 4.79 Å². The van der Waals surface area contributed by atoms with Gasteiger partial charge in [-0.3, -0.25) is 0 Å². The van der Waals surface area contributed by atoms with E-state index < -0.39 is 0 Å². The molecule has 172 valence electrons. The third-order valence-corrected chi connectivity index (χ3v) is 6.06. The Hall–Kier alpha value is -3.32. The van der Waals surface area contributed by atoms with Crippen LogP contribution in [0.25, 0.3) is 0 Å². The standard InChI is InChI=1S/C25H28ClN5O2/c1-17-23(16-19-4-10-22(33-3)11-5-19)24(28-18(2)27-17)30-12-14-31(15-13-30)25(32)29-21-8-6-20(26)7-9-21/h4-11H,12-16H2,1-3H3,(H,29,32). The number of amides is 2. The van der Waals surface area contributed by atoms with Crippen molar-refractivity contribution in [3.63, 3.8) is 0 Å². The fourth-order valence-corrected chi connectivity index (χ4v) is 4.12. The highest BCUT2D eigenvalue weighted by Gasteiger charge is 2.25. The van der Waals surface area contributed by atoms with Gasteiger partial charge in [-0.1, -0.05) is 23.7 Å². The maximum atomic E-state index is 12.7. The molecule has 1 aliphatic rings. The minimum Gasteiger partial charge on any atom is -0.497 e. The van der Waals surface area contributed by atoms with E-state index in [1.807, 2.05) is 30.9 Å². The molecule has 1 aliphatic heterocycles. The Morgan fingerprint density at radius 1 is 1.00 bits per heavy atom. The first-order valence-corrected chi connectivity index (χ1v) is 11.3. The number of nitrogens with one attached hydrogen (secondary N) is 1. The zero-order valence-electron chi connectivity index (χ0n) is 19.1. The van der Waals surface area contributed by atoms with Gasteiger partial charge in [0.15, 0.2) is 0 Å². The smallest absolute Gasteiger partial charge is 0.321 e. The van der Waals surface area contributed by atoms with E-state index in [-0.39, 0.29) is 6.03 Å². The number of methoxy groups -OCH3 is 1. The molecule has 0 saturated carbocycles. The maximum absolute atomic E-state index is 12.7. The van der Waals surface area contributed by atoms with Crippen LogP contribution in [-0.2, 0) is 6.42 Å². The van der Waals surface area contributed by atoms with Crippen molar-refractivity contribution in [2.75, 3.05) is 43.5 Å². The van der Waals surface area contributed by atoms with Crippen LogP contribution in [0.2, 0.25) is 5.02 Å². The van der Waals surface area contributed by atoms with Gasteiger partial charge in [0.2, 0.25) is 0 Å². The number of ether oxygens (including phenoxy) is 1. The number of hydrogen-bond donors (Lipinski definition) is 1. The second-order valence-corrected chi connectivity index (χ2v) is 8.53. The van der Waals surface area contributed by atoms with Gasteiger partial charge in [0, 0.05) is 54.6 Å². The molecule has 7 nitrogen and oxygen atoms in total. The average Bonchev–Trinajstić information content (AvgIpc) is 2.82. The SMILES string of the molecule is COc1ccc(Cc2c(C)nc(C)nc2N2CCN(C(=O)Nc3ccc(Cl)cc3)CC2)cc1. The molecule has 0 radical (unpaired) electrons. The predicted molar refractivity (Wildman–Crippen MR) is 132 cm³/mol. The monoisotopic (exact) mass is 465 g/mol. The van der Waals surface area contributed by atoms with Crippen LogP contribution >= 0.6 is 11.6 Å². The highest BCUT2D eigenvalue weighted by molar-refractivity contribution is 6.30. The van der Waals surface area contributed by atoms with Gasteiger partial charge >= 0.3 is 6.03 Å². The van der Waals surface area contributed by atoms with Crippen molar-refractivity contribution >= 4 is 29.1 Å². The normalized spacial score (nSPS) is 13.7. The summed E-state index contributed by atoms with van der Waals surface area (Å²) in [6, 6.07) is 15.1. The number of aromatic nitrogens is 2. The number of halogens is 1. The van der Waals surface area contributed by atoms with E-state index >= 15 is 0 Å². The maximum Gasteiger partial charge on any atom is 0.321 e. The molecule has 1 saturated heterocycles. The first kappa shape index (κ1) is 22.9. The average molecular weight is 466 g/mol. The molecule has 1 N–H and O–H groups in total. The Kier molecular flexibility index (Phi) is 6.99. The largest absolute Gasteiger partial charge is 0.497 e. The Morgan fingerprint density at radius 3 is 2.30 bits per heavy atom. The third kappa shape index (κ3) is 5.54. The van der Waals surface area contributed by atoms with E-state index in [0.29, 0.717) is 31.2 Å². The van der Waals surface area contributed by atoms with Crippen LogP contribution in [0.4, 0.5) is 16.3 Å². The van der Waals surface area contributed by atoms with Crippen molar-refractivity contribution in [3.8, 4) is 5.75 Å². The summed E-state index contributed by atoms with van der Waals surface area (Å²) in [4.78, 5) is 26.2. The van der Waals surface area contributed by atoms with Gasteiger partial charge in [0.1, 0.15) is 17.4 Å². The lowest BCUT2D eigenvalue weighted by Crippen LogP contribution is -2.50. The number of rotatable bonds is 5. The first-order valence-electron chi connectivity index (χ1n) is 11.0. The van der Waals surface area contributed by atoms with Crippen molar-refractivity contribution in [3.05, 3.63) is 76.2 Å². The third-order valence-electron chi connectivity index (χ3n) is 5.81. The van der Waals surface area contributed by atoms with Crippen molar-refractivity contribution < 1.29 is 9.53 Å². The van der Waals surface area contributed by atoms with Crippen LogP contribution in [0, 0.1) is 13.8 Å². The zero-order chi connectivity index (χ0) is 23.4. The van der Waals surface area contributed by atoms with Crippen LogP contribution in [0.15, 0.2) is 48.5 Å². The molecule has 1 fully saturated rings. The Balaban J connectivity index is 1.46. The Morgan fingerprint density at radius 2 is 1.67 bits per heavy atom. The van der Waals surface area contributed by atoms with Crippen molar-refractivity contribution in [2.24, 2.45) is 0 Å². The number of carbonyl (C=O) groups excluding carboxylic acids is 1. The Labute approximate surface area is 199 Å². The Bertz CT molecular complexity index is 1110. The minimum absolute atomic E-state index is 0.106. The number of aryl methyl sites for hydroxylation is 2. The molecule has 2 heterocycles. The molecule has 4 rings (SSSR count).